The van der Waals surface area contributed by atoms with Crippen molar-refractivity contribution in [3.05, 3.63) is 70.5 Å². The molecule has 0 saturated heterocycles. The summed E-state index contributed by atoms with van der Waals surface area (Å²) in [7, 11) is -3.84. The first kappa shape index (κ1) is 15.7. The molecule has 2 heterocycles. The third-order valence-corrected chi connectivity index (χ3v) is 4.43. The molecule has 0 amide bonds. The zero-order chi connectivity index (χ0) is 17.2. The number of aromatic nitrogens is 5. The van der Waals surface area contributed by atoms with Crippen molar-refractivity contribution in [1.82, 2.24) is 24.8 Å². The Kier molecular flexibility index (Phi) is 4.04. The summed E-state index contributed by atoms with van der Waals surface area (Å²) in [5, 5.41) is 8.03. The van der Waals surface area contributed by atoms with E-state index in [9.17, 15) is 17.6 Å². The van der Waals surface area contributed by atoms with Gasteiger partial charge < -0.3 is 0 Å². The van der Waals surface area contributed by atoms with Gasteiger partial charge in [0.2, 0.25) is 9.84 Å². The van der Waals surface area contributed by atoms with Gasteiger partial charge in [-0.1, -0.05) is 0 Å². The fourth-order valence-corrected chi connectivity index (χ4v) is 2.78. The van der Waals surface area contributed by atoms with Crippen molar-refractivity contribution in [2.75, 3.05) is 0 Å². The fraction of sp³-hybridized carbons (Fsp3) is 0. The minimum atomic E-state index is -3.84. The summed E-state index contributed by atoms with van der Waals surface area (Å²) in [6, 6.07) is 7.55. The predicted molar refractivity (Wildman–Crippen MR) is 82.3 cm³/mol. The Balaban J connectivity index is 1.92. The topological polar surface area (TPSA) is 99.7 Å². The third kappa shape index (κ3) is 3.13. The average Bonchev–Trinajstić information content (AvgIpc) is 2.95. The normalized spacial score (nSPS) is 11.9. The standard InChI is InChI=1S/C14H10FN5O3S/c15-11-3-5-13(6-4-11)24(22,23)9-8-19-14(21)20(18-17-19)12-2-1-7-16-10-12/h1-10H/b9-8+. The molecule has 0 bridgehead atoms. The highest BCUT2D eigenvalue weighted by atomic mass is 32.2. The SMILES string of the molecule is O=c1n(/C=C/S(=O)(=O)c2ccc(F)cc2)nnn1-c1cccnc1. The number of pyridine rings is 1. The number of nitrogens with zero attached hydrogens (tertiary/aromatic N) is 5. The maximum absolute atomic E-state index is 12.9. The summed E-state index contributed by atoms with van der Waals surface area (Å²) in [6.07, 6.45) is 3.93. The zero-order valence-electron chi connectivity index (χ0n) is 12.0. The van der Waals surface area contributed by atoms with Crippen LogP contribution in [0.3, 0.4) is 0 Å². The van der Waals surface area contributed by atoms with Crippen molar-refractivity contribution in [3.63, 3.8) is 0 Å². The summed E-state index contributed by atoms with van der Waals surface area (Å²) >= 11 is 0. The van der Waals surface area contributed by atoms with Gasteiger partial charge in [-0.15, -0.1) is 0 Å². The third-order valence-electron chi connectivity index (χ3n) is 3.02. The molecule has 0 saturated carbocycles. The van der Waals surface area contributed by atoms with Gasteiger partial charge in [-0.05, 0) is 46.8 Å². The maximum Gasteiger partial charge on any atom is 0.372 e. The minimum Gasteiger partial charge on any atom is -0.262 e. The molecule has 1 aromatic carbocycles. The predicted octanol–water partition coefficient (Wildman–Crippen LogP) is 0.865. The first-order valence-electron chi connectivity index (χ1n) is 6.61. The molecule has 0 radical (unpaired) electrons. The van der Waals surface area contributed by atoms with E-state index in [0.717, 1.165) is 45.2 Å². The largest absolute Gasteiger partial charge is 0.372 e. The lowest BCUT2D eigenvalue weighted by atomic mass is 10.4. The summed E-state index contributed by atoms with van der Waals surface area (Å²) in [5.74, 6) is -0.548. The summed E-state index contributed by atoms with van der Waals surface area (Å²) in [5.41, 5.74) is -0.267. The first-order chi connectivity index (χ1) is 11.5. The van der Waals surface area contributed by atoms with Crippen LogP contribution < -0.4 is 5.69 Å². The summed E-state index contributed by atoms with van der Waals surface area (Å²) in [4.78, 5) is 15.9. The second-order valence-corrected chi connectivity index (χ2v) is 6.45. The number of halogens is 1. The van der Waals surface area contributed by atoms with Crippen LogP contribution >= 0.6 is 0 Å². The lowest BCUT2D eigenvalue weighted by molar-refractivity contribution is 0.603. The molecule has 0 spiro atoms. The van der Waals surface area contributed by atoms with Crippen LogP contribution in [0.25, 0.3) is 11.9 Å². The Hall–Kier alpha value is -3.14. The number of hydrogen-bond donors (Lipinski definition) is 0. The number of tetrazole rings is 1. The van der Waals surface area contributed by atoms with E-state index in [1.54, 1.807) is 12.1 Å². The van der Waals surface area contributed by atoms with Crippen LogP contribution in [-0.2, 0) is 9.84 Å². The number of hydrogen-bond acceptors (Lipinski definition) is 6. The second kappa shape index (κ2) is 6.16. The number of rotatable bonds is 4. The molecular formula is C14H10FN5O3S. The monoisotopic (exact) mass is 347 g/mol. The highest BCUT2D eigenvalue weighted by Gasteiger charge is 2.12. The van der Waals surface area contributed by atoms with Crippen LogP contribution in [0.4, 0.5) is 4.39 Å². The van der Waals surface area contributed by atoms with Crippen LogP contribution in [0.15, 0.2) is 63.9 Å². The van der Waals surface area contributed by atoms with E-state index in [4.69, 9.17) is 0 Å². The number of benzene rings is 1. The highest BCUT2D eigenvalue weighted by Crippen LogP contribution is 2.13. The van der Waals surface area contributed by atoms with E-state index in [2.05, 4.69) is 15.4 Å². The van der Waals surface area contributed by atoms with Crippen LogP contribution in [-0.4, -0.2) is 33.2 Å². The van der Waals surface area contributed by atoms with Gasteiger partial charge in [0.25, 0.3) is 0 Å². The Morgan fingerprint density at radius 2 is 1.83 bits per heavy atom. The van der Waals surface area contributed by atoms with E-state index >= 15 is 0 Å². The Morgan fingerprint density at radius 1 is 1.08 bits per heavy atom. The van der Waals surface area contributed by atoms with Crippen molar-refractivity contribution in [2.45, 2.75) is 4.90 Å². The lowest BCUT2D eigenvalue weighted by Gasteiger charge is -1.98. The summed E-state index contributed by atoms with van der Waals surface area (Å²) < 4.78 is 38.8. The van der Waals surface area contributed by atoms with Gasteiger partial charge in [-0.25, -0.2) is 17.6 Å². The molecule has 8 nitrogen and oxygen atoms in total. The van der Waals surface area contributed by atoms with Crippen LogP contribution in [0.2, 0.25) is 0 Å². The van der Waals surface area contributed by atoms with Gasteiger partial charge in [0.1, 0.15) is 5.82 Å². The van der Waals surface area contributed by atoms with E-state index in [-0.39, 0.29) is 4.90 Å². The molecule has 0 aliphatic rings. The quantitative estimate of drug-likeness (QED) is 0.649. The smallest absolute Gasteiger partial charge is 0.262 e. The van der Waals surface area contributed by atoms with E-state index in [1.165, 1.54) is 12.4 Å². The van der Waals surface area contributed by atoms with E-state index < -0.39 is 21.3 Å². The molecule has 24 heavy (non-hydrogen) atoms. The molecule has 0 aliphatic heterocycles. The molecule has 0 atom stereocenters. The molecule has 0 N–H and O–H groups in total. The minimum absolute atomic E-state index is 0.104. The van der Waals surface area contributed by atoms with Gasteiger partial charge in [0.15, 0.2) is 0 Å². The molecular weight excluding hydrogens is 337 g/mol. The van der Waals surface area contributed by atoms with Gasteiger partial charge in [-0.3, -0.25) is 4.98 Å². The molecule has 122 valence electrons. The molecule has 3 aromatic rings. The van der Waals surface area contributed by atoms with Crippen molar-refractivity contribution >= 4 is 16.0 Å². The van der Waals surface area contributed by atoms with E-state index in [1.807, 2.05) is 0 Å². The fourth-order valence-electron chi connectivity index (χ4n) is 1.83. The maximum atomic E-state index is 12.9. The average molecular weight is 347 g/mol. The Labute approximate surface area is 135 Å². The molecule has 2 aromatic heterocycles. The Morgan fingerprint density at radius 3 is 2.50 bits per heavy atom. The second-order valence-electron chi connectivity index (χ2n) is 4.61. The van der Waals surface area contributed by atoms with Crippen LogP contribution in [0.5, 0.6) is 0 Å². The molecule has 10 heteroatoms. The molecule has 0 aliphatic carbocycles. The van der Waals surface area contributed by atoms with Crippen LogP contribution in [0, 0.1) is 5.82 Å². The Bertz CT molecular complexity index is 1040. The van der Waals surface area contributed by atoms with E-state index in [0.29, 0.717) is 5.69 Å². The van der Waals surface area contributed by atoms with Crippen LogP contribution in [0.1, 0.15) is 0 Å². The highest BCUT2D eigenvalue weighted by molar-refractivity contribution is 7.94. The van der Waals surface area contributed by atoms with Crippen molar-refractivity contribution in [2.24, 2.45) is 0 Å². The van der Waals surface area contributed by atoms with Gasteiger partial charge >= 0.3 is 5.69 Å². The lowest BCUT2D eigenvalue weighted by Crippen LogP contribution is -2.21. The summed E-state index contributed by atoms with van der Waals surface area (Å²) in [6.45, 7) is 0. The zero-order valence-corrected chi connectivity index (χ0v) is 12.8. The van der Waals surface area contributed by atoms with Crippen molar-refractivity contribution < 1.29 is 12.8 Å². The first-order valence-corrected chi connectivity index (χ1v) is 8.16. The van der Waals surface area contributed by atoms with Crippen molar-refractivity contribution in [3.8, 4) is 5.69 Å². The molecule has 0 unspecified atom stereocenters. The molecule has 3 rings (SSSR count). The number of sulfone groups is 1. The molecule has 0 fully saturated rings. The van der Waals surface area contributed by atoms with Crippen molar-refractivity contribution in [1.29, 1.82) is 0 Å². The van der Waals surface area contributed by atoms with Gasteiger partial charge in [0, 0.05) is 12.4 Å². The van der Waals surface area contributed by atoms with Gasteiger partial charge in [0.05, 0.1) is 22.2 Å². The van der Waals surface area contributed by atoms with Gasteiger partial charge in [-0.2, -0.15) is 9.36 Å².